The van der Waals surface area contributed by atoms with Gasteiger partial charge in [0, 0.05) is 10.8 Å². The first-order valence-electron chi connectivity index (χ1n) is 8.31. The summed E-state index contributed by atoms with van der Waals surface area (Å²) in [5.41, 5.74) is 0. The van der Waals surface area contributed by atoms with Gasteiger partial charge in [0.1, 0.15) is 21.3 Å². The van der Waals surface area contributed by atoms with Gasteiger partial charge in [-0.05, 0) is 59.3 Å². The van der Waals surface area contributed by atoms with Crippen molar-refractivity contribution in [2.45, 2.75) is 9.79 Å². The largest absolute Gasteiger partial charge is 0.457 e. The van der Waals surface area contributed by atoms with E-state index >= 15 is 0 Å². The average molecular weight is 430 g/mol. The Kier molecular flexibility index (Phi) is 4.55. The number of rotatable bonds is 4. The molecule has 0 heterocycles. The zero-order valence-electron chi connectivity index (χ0n) is 14.7. The van der Waals surface area contributed by atoms with Crippen LogP contribution in [-0.2, 0) is 20.2 Å². The highest BCUT2D eigenvalue weighted by molar-refractivity contribution is 7.86. The number of ether oxygens (including phenoxy) is 1. The maximum atomic E-state index is 11.5. The van der Waals surface area contributed by atoms with E-state index in [0.29, 0.717) is 33.0 Å². The molecular weight excluding hydrogens is 416 g/mol. The van der Waals surface area contributed by atoms with Gasteiger partial charge in [-0.15, -0.1) is 0 Å². The van der Waals surface area contributed by atoms with E-state index in [2.05, 4.69) is 0 Å². The number of hydrogen-bond acceptors (Lipinski definition) is 5. The molecule has 2 N–H and O–H groups in total. The molecule has 0 bridgehead atoms. The zero-order chi connectivity index (χ0) is 20.8. The summed E-state index contributed by atoms with van der Waals surface area (Å²) >= 11 is 0. The molecule has 0 saturated carbocycles. The van der Waals surface area contributed by atoms with E-state index in [1.54, 1.807) is 36.4 Å². The second-order valence-corrected chi connectivity index (χ2v) is 9.11. The van der Waals surface area contributed by atoms with Crippen LogP contribution in [0.25, 0.3) is 21.5 Å². The van der Waals surface area contributed by atoms with Crippen LogP contribution in [0.5, 0.6) is 11.5 Å². The van der Waals surface area contributed by atoms with Gasteiger partial charge >= 0.3 is 0 Å². The third-order valence-corrected chi connectivity index (χ3v) is 6.24. The highest BCUT2D eigenvalue weighted by Crippen LogP contribution is 2.32. The van der Waals surface area contributed by atoms with Crippen molar-refractivity contribution in [3.63, 3.8) is 0 Å². The number of fused-ring (bicyclic) bond motifs is 2. The first-order valence-corrected chi connectivity index (χ1v) is 11.2. The van der Waals surface area contributed by atoms with Crippen molar-refractivity contribution in [2.24, 2.45) is 0 Å². The standard InChI is InChI=1S/C20H14O7S2/c21-28(22,23)19-5-1-3-13-11-15(7-9-17(13)19)27-16-8-10-18-14(12-16)4-2-6-20(18)29(24,25)26/h1-12H,(H,21,22,23)(H,24,25,26). The molecule has 0 atom stereocenters. The van der Waals surface area contributed by atoms with Crippen LogP contribution < -0.4 is 4.74 Å². The van der Waals surface area contributed by atoms with Gasteiger partial charge in [0.15, 0.2) is 0 Å². The van der Waals surface area contributed by atoms with Crippen molar-refractivity contribution in [3.05, 3.63) is 72.8 Å². The summed E-state index contributed by atoms with van der Waals surface area (Å²) in [5.74, 6) is 0.852. The third kappa shape index (κ3) is 3.81. The topological polar surface area (TPSA) is 118 Å². The Morgan fingerprint density at radius 3 is 1.38 bits per heavy atom. The highest BCUT2D eigenvalue weighted by Gasteiger charge is 2.15. The van der Waals surface area contributed by atoms with Crippen LogP contribution in [0.15, 0.2) is 82.6 Å². The Morgan fingerprint density at radius 1 is 0.586 bits per heavy atom. The predicted molar refractivity (Wildman–Crippen MR) is 108 cm³/mol. The molecule has 0 amide bonds. The molecule has 0 aromatic heterocycles. The van der Waals surface area contributed by atoms with E-state index in [-0.39, 0.29) is 9.79 Å². The molecule has 0 aliphatic rings. The van der Waals surface area contributed by atoms with Crippen LogP contribution >= 0.6 is 0 Å². The molecule has 4 rings (SSSR count). The second-order valence-electron chi connectivity index (χ2n) is 6.33. The van der Waals surface area contributed by atoms with Crippen molar-refractivity contribution in [1.82, 2.24) is 0 Å². The first-order chi connectivity index (χ1) is 13.6. The normalized spacial score (nSPS) is 12.3. The SMILES string of the molecule is O=S(=O)(O)c1cccc2cc(Oc3ccc4c(S(=O)(=O)O)cccc4c3)ccc12. The zero-order valence-corrected chi connectivity index (χ0v) is 16.3. The number of benzene rings is 4. The molecule has 4 aromatic rings. The van der Waals surface area contributed by atoms with E-state index < -0.39 is 20.2 Å². The van der Waals surface area contributed by atoms with Gasteiger partial charge in [0.25, 0.3) is 20.2 Å². The van der Waals surface area contributed by atoms with Crippen molar-refractivity contribution < 1.29 is 30.7 Å². The summed E-state index contributed by atoms with van der Waals surface area (Å²) < 4.78 is 70.6. The molecule has 4 aromatic carbocycles. The van der Waals surface area contributed by atoms with Gasteiger partial charge in [-0.25, -0.2) is 0 Å². The van der Waals surface area contributed by atoms with Crippen LogP contribution in [-0.4, -0.2) is 25.9 Å². The molecule has 148 valence electrons. The number of hydrogen-bond donors (Lipinski definition) is 2. The van der Waals surface area contributed by atoms with Crippen LogP contribution in [0.3, 0.4) is 0 Å². The summed E-state index contributed by atoms with van der Waals surface area (Å²) in [6.07, 6.45) is 0. The molecule has 0 spiro atoms. The Hall–Kier alpha value is -2.98. The lowest BCUT2D eigenvalue weighted by molar-refractivity contribution is 0.482. The van der Waals surface area contributed by atoms with Gasteiger partial charge in [-0.3, -0.25) is 9.11 Å². The fourth-order valence-electron chi connectivity index (χ4n) is 3.18. The third-order valence-electron chi connectivity index (χ3n) is 4.42. The Morgan fingerprint density at radius 2 is 1.00 bits per heavy atom. The minimum absolute atomic E-state index is 0.190. The molecule has 0 saturated heterocycles. The van der Waals surface area contributed by atoms with Crippen molar-refractivity contribution in [2.75, 3.05) is 0 Å². The van der Waals surface area contributed by atoms with Crippen LogP contribution in [0.1, 0.15) is 0 Å². The molecule has 0 aliphatic carbocycles. The maximum Gasteiger partial charge on any atom is 0.295 e. The fourth-order valence-corrected chi connectivity index (χ4v) is 4.61. The van der Waals surface area contributed by atoms with Gasteiger partial charge in [0.05, 0.1) is 0 Å². The van der Waals surface area contributed by atoms with Crippen LogP contribution in [0.4, 0.5) is 0 Å². The lowest BCUT2D eigenvalue weighted by Gasteiger charge is -2.10. The molecule has 0 fully saturated rings. The lowest BCUT2D eigenvalue weighted by atomic mass is 10.1. The Bertz CT molecular complexity index is 1360. The van der Waals surface area contributed by atoms with Gasteiger partial charge in [-0.1, -0.05) is 24.3 Å². The minimum atomic E-state index is -4.35. The summed E-state index contributed by atoms with van der Waals surface area (Å²) in [5, 5.41) is 1.84. The van der Waals surface area contributed by atoms with Crippen molar-refractivity contribution in [1.29, 1.82) is 0 Å². The van der Waals surface area contributed by atoms with Gasteiger partial charge in [-0.2, -0.15) is 16.8 Å². The monoisotopic (exact) mass is 430 g/mol. The van der Waals surface area contributed by atoms with Gasteiger partial charge in [0.2, 0.25) is 0 Å². The maximum absolute atomic E-state index is 11.5. The first kappa shape index (κ1) is 19.3. The summed E-state index contributed by atoms with van der Waals surface area (Å²) in [6, 6.07) is 18.5. The summed E-state index contributed by atoms with van der Waals surface area (Å²) in [4.78, 5) is -0.380. The lowest BCUT2D eigenvalue weighted by Crippen LogP contribution is -1.99. The smallest absolute Gasteiger partial charge is 0.295 e. The minimum Gasteiger partial charge on any atom is -0.457 e. The average Bonchev–Trinajstić information content (AvgIpc) is 2.65. The molecule has 9 heteroatoms. The van der Waals surface area contributed by atoms with Crippen LogP contribution in [0, 0.1) is 0 Å². The quantitative estimate of drug-likeness (QED) is 0.464. The molecule has 0 radical (unpaired) electrons. The predicted octanol–water partition coefficient (Wildman–Crippen LogP) is 4.28. The molecule has 0 unspecified atom stereocenters. The molecule has 0 aliphatic heterocycles. The molecular formula is C20H14O7S2. The Balaban J connectivity index is 1.74. The van der Waals surface area contributed by atoms with E-state index in [9.17, 15) is 25.9 Å². The van der Waals surface area contributed by atoms with E-state index in [0.717, 1.165) is 0 Å². The van der Waals surface area contributed by atoms with Crippen LogP contribution in [0.2, 0.25) is 0 Å². The summed E-state index contributed by atoms with van der Waals surface area (Å²) in [6.45, 7) is 0. The second kappa shape index (κ2) is 6.82. The van der Waals surface area contributed by atoms with Crippen molar-refractivity contribution >= 4 is 41.8 Å². The molecule has 29 heavy (non-hydrogen) atoms. The summed E-state index contributed by atoms with van der Waals surface area (Å²) in [7, 11) is -8.70. The van der Waals surface area contributed by atoms with Crippen molar-refractivity contribution in [3.8, 4) is 11.5 Å². The molecule has 7 nitrogen and oxygen atoms in total. The van der Waals surface area contributed by atoms with E-state index in [4.69, 9.17) is 4.74 Å². The van der Waals surface area contributed by atoms with E-state index in [1.165, 1.54) is 36.4 Å². The fraction of sp³-hybridized carbons (Fsp3) is 0. The highest BCUT2D eigenvalue weighted by atomic mass is 32.2. The Labute approximate surface area is 166 Å². The van der Waals surface area contributed by atoms with E-state index in [1.807, 2.05) is 0 Å². The van der Waals surface area contributed by atoms with Gasteiger partial charge < -0.3 is 4.74 Å².